The molecule has 0 aliphatic carbocycles. The van der Waals surface area contributed by atoms with E-state index in [9.17, 15) is 14.7 Å². The van der Waals surface area contributed by atoms with E-state index in [2.05, 4.69) is 10.1 Å². The lowest BCUT2D eigenvalue weighted by atomic mass is 9.82. The Balaban J connectivity index is 1.29. The third kappa shape index (κ3) is 2.84. The molecular weight excluding hydrogens is 380 g/mol. The number of carbonyl (C=O) groups excluding carboxylic acids is 1. The van der Waals surface area contributed by atoms with Crippen molar-refractivity contribution in [3.63, 3.8) is 0 Å². The van der Waals surface area contributed by atoms with Crippen molar-refractivity contribution in [3.05, 3.63) is 33.5 Å². The van der Waals surface area contributed by atoms with Gasteiger partial charge in [0, 0.05) is 30.8 Å². The van der Waals surface area contributed by atoms with Gasteiger partial charge in [0.25, 0.3) is 0 Å². The SMILES string of the molecule is O=C(O)c1cc2c(s1)CCOC21CCN(C(=O)C2CCc3ncnn3C2)CC1. The number of aromatic carboxylic acids is 1. The zero-order valence-corrected chi connectivity index (χ0v) is 16.3. The van der Waals surface area contributed by atoms with Gasteiger partial charge in [-0.05, 0) is 30.9 Å². The standard InChI is InChI=1S/C19H22N4O4S/c24-17(12-1-2-16-20-11-21-23(16)10-12)22-6-4-19(5-7-22)13-9-15(18(25)26)28-14(13)3-8-27-19/h9,11-12H,1-8,10H2,(H,25,26). The average molecular weight is 402 g/mol. The Morgan fingerprint density at radius 2 is 2.11 bits per heavy atom. The molecule has 0 radical (unpaired) electrons. The highest BCUT2D eigenvalue weighted by Gasteiger charge is 2.44. The van der Waals surface area contributed by atoms with E-state index >= 15 is 0 Å². The zero-order chi connectivity index (χ0) is 19.3. The maximum absolute atomic E-state index is 13.0. The first kappa shape index (κ1) is 17.8. The maximum atomic E-state index is 13.0. The maximum Gasteiger partial charge on any atom is 0.345 e. The van der Waals surface area contributed by atoms with Crippen LogP contribution < -0.4 is 0 Å². The van der Waals surface area contributed by atoms with Crippen LogP contribution in [0.3, 0.4) is 0 Å². The smallest absolute Gasteiger partial charge is 0.345 e. The largest absolute Gasteiger partial charge is 0.477 e. The molecule has 2 aromatic rings. The minimum Gasteiger partial charge on any atom is -0.477 e. The summed E-state index contributed by atoms with van der Waals surface area (Å²) in [5.41, 5.74) is 0.582. The molecule has 1 fully saturated rings. The van der Waals surface area contributed by atoms with Crippen molar-refractivity contribution in [2.75, 3.05) is 19.7 Å². The lowest BCUT2D eigenvalue weighted by molar-refractivity contribution is -0.145. The molecule has 3 aliphatic rings. The van der Waals surface area contributed by atoms with E-state index in [-0.39, 0.29) is 11.8 Å². The summed E-state index contributed by atoms with van der Waals surface area (Å²) in [6.45, 7) is 2.48. The first-order valence-electron chi connectivity index (χ1n) is 9.72. The molecule has 0 saturated carbocycles. The molecule has 1 saturated heterocycles. The van der Waals surface area contributed by atoms with E-state index in [1.54, 1.807) is 12.4 Å². The van der Waals surface area contributed by atoms with Gasteiger partial charge in [0.05, 0.1) is 24.7 Å². The monoisotopic (exact) mass is 402 g/mol. The van der Waals surface area contributed by atoms with Crippen molar-refractivity contribution < 1.29 is 19.4 Å². The molecule has 3 aliphatic heterocycles. The van der Waals surface area contributed by atoms with E-state index < -0.39 is 11.6 Å². The van der Waals surface area contributed by atoms with Gasteiger partial charge < -0.3 is 14.7 Å². The van der Waals surface area contributed by atoms with Crippen LogP contribution in [0.5, 0.6) is 0 Å². The predicted molar refractivity (Wildman–Crippen MR) is 100 cm³/mol. The Bertz CT molecular complexity index is 928. The van der Waals surface area contributed by atoms with Crippen molar-refractivity contribution in [2.24, 2.45) is 5.92 Å². The second-order valence-corrected chi connectivity index (χ2v) is 8.90. The van der Waals surface area contributed by atoms with Crippen LogP contribution in [0.15, 0.2) is 12.4 Å². The molecule has 1 spiro atoms. The number of rotatable bonds is 2. The fraction of sp³-hybridized carbons (Fsp3) is 0.579. The number of likely N-dealkylation sites (tertiary alicyclic amines) is 1. The number of carboxylic acid groups (broad SMARTS) is 1. The van der Waals surface area contributed by atoms with Gasteiger partial charge in [-0.25, -0.2) is 14.5 Å². The van der Waals surface area contributed by atoms with E-state index in [4.69, 9.17) is 4.74 Å². The molecule has 148 valence electrons. The summed E-state index contributed by atoms with van der Waals surface area (Å²) in [5.74, 6) is 0.206. The molecule has 1 N–H and O–H groups in total. The van der Waals surface area contributed by atoms with Gasteiger partial charge in [0.2, 0.25) is 5.91 Å². The minimum atomic E-state index is -0.882. The number of hydrogen-bond donors (Lipinski definition) is 1. The molecule has 5 heterocycles. The lowest BCUT2D eigenvalue weighted by Gasteiger charge is -2.44. The van der Waals surface area contributed by atoms with Crippen molar-refractivity contribution in [1.82, 2.24) is 19.7 Å². The summed E-state index contributed by atoms with van der Waals surface area (Å²) < 4.78 is 8.03. The number of fused-ring (bicyclic) bond motifs is 3. The molecule has 1 atom stereocenters. The quantitative estimate of drug-likeness (QED) is 0.821. The second kappa shape index (κ2) is 6.66. The molecule has 2 aromatic heterocycles. The van der Waals surface area contributed by atoms with Gasteiger partial charge in [-0.15, -0.1) is 11.3 Å². The molecule has 5 rings (SSSR count). The number of piperidine rings is 1. The van der Waals surface area contributed by atoms with Crippen molar-refractivity contribution in [3.8, 4) is 0 Å². The van der Waals surface area contributed by atoms with Crippen LogP contribution in [0.2, 0.25) is 0 Å². The van der Waals surface area contributed by atoms with Gasteiger partial charge in [-0.1, -0.05) is 0 Å². The number of hydrogen-bond acceptors (Lipinski definition) is 6. The van der Waals surface area contributed by atoms with Crippen LogP contribution in [-0.2, 0) is 34.5 Å². The van der Waals surface area contributed by atoms with E-state index in [0.717, 1.165) is 35.5 Å². The topological polar surface area (TPSA) is 97.6 Å². The van der Waals surface area contributed by atoms with Crippen molar-refractivity contribution in [1.29, 1.82) is 0 Å². The van der Waals surface area contributed by atoms with Crippen LogP contribution in [0.4, 0.5) is 0 Å². The summed E-state index contributed by atoms with van der Waals surface area (Å²) in [7, 11) is 0. The highest BCUT2D eigenvalue weighted by molar-refractivity contribution is 7.14. The summed E-state index contributed by atoms with van der Waals surface area (Å²) in [4.78, 5) is 32.1. The number of nitrogens with zero attached hydrogens (tertiary/aromatic N) is 4. The second-order valence-electron chi connectivity index (χ2n) is 7.76. The van der Waals surface area contributed by atoms with Crippen LogP contribution in [0, 0.1) is 5.92 Å². The first-order chi connectivity index (χ1) is 13.6. The molecule has 0 aromatic carbocycles. The average Bonchev–Trinajstić information content (AvgIpc) is 3.35. The normalized spacial score (nSPS) is 23.3. The Kier molecular flexibility index (Phi) is 4.24. The van der Waals surface area contributed by atoms with E-state index in [1.165, 1.54) is 11.3 Å². The van der Waals surface area contributed by atoms with Gasteiger partial charge >= 0.3 is 5.97 Å². The minimum absolute atomic E-state index is 0.0501. The number of aryl methyl sites for hydroxylation is 1. The molecule has 28 heavy (non-hydrogen) atoms. The van der Waals surface area contributed by atoms with Crippen LogP contribution in [0.1, 0.15) is 45.2 Å². The van der Waals surface area contributed by atoms with Crippen LogP contribution in [0.25, 0.3) is 0 Å². The fourth-order valence-electron chi connectivity index (χ4n) is 4.72. The number of thiophene rings is 1. The number of carbonyl (C=O) groups is 2. The van der Waals surface area contributed by atoms with Gasteiger partial charge in [0.1, 0.15) is 17.0 Å². The number of aromatic nitrogens is 3. The molecule has 9 heteroatoms. The van der Waals surface area contributed by atoms with Crippen molar-refractivity contribution >= 4 is 23.2 Å². The van der Waals surface area contributed by atoms with Crippen molar-refractivity contribution in [2.45, 2.75) is 44.2 Å². The summed E-state index contributed by atoms with van der Waals surface area (Å²) in [6, 6.07) is 1.78. The number of ether oxygens (including phenoxy) is 1. The molecule has 1 unspecified atom stereocenters. The lowest BCUT2D eigenvalue weighted by Crippen LogP contribution is -2.50. The Morgan fingerprint density at radius 1 is 1.29 bits per heavy atom. The van der Waals surface area contributed by atoms with E-state index in [1.807, 2.05) is 9.58 Å². The zero-order valence-electron chi connectivity index (χ0n) is 15.5. The molecule has 8 nitrogen and oxygen atoms in total. The number of carboxylic acids is 1. The summed E-state index contributed by atoms with van der Waals surface area (Å²) in [6.07, 6.45) is 5.34. The highest BCUT2D eigenvalue weighted by Crippen LogP contribution is 2.44. The summed E-state index contributed by atoms with van der Waals surface area (Å²) in [5, 5.41) is 13.6. The van der Waals surface area contributed by atoms with Gasteiger partial charge in [-0.2, -0.15) is 5.10 Å². The van der Waals surface area contributed by atoms with Gasteiger partial charge in [0.15, 0.2) is 0 Å². The molecule has 0 bridgehead atoms. The third-order valence-corrected chi connectivity index (χ3v) is 7.44. The Labute approximate surface area is 166 Å². The van der Waals surface area contributed by atoms with Crippen LogP contribution >= 0.6 is 11.3 Å². The van der Waals surface area contributed by atoms with Gasteiger partial charge in [-0.3, -0.25) is 4.79 Å². The third-order valence-electron chi connectivity index (χ3n) is 6.26. The Morgan fingerprint density at radius 3 is 2.89 bits per heavy atom. The van der Waals surface area contributed by atoms with Crippen LogP contribution in [-0.4, -0.2) is 56.3 Å². The fourth-order valence-corrected chi connectivity index (χ4v) is 5.79. The highest BCUT2D eigenvalue weighted by atomic mass is 32.1. The first-order valence-corrected chi connectivity index (χ1v) is 10.5. The number of amides is 1. The van der Waals surface area contributed by atoms with E-state index in [0.29, 0.717) is 44.0 Å². The Hall–Kier alpha value is -2.26. The summed E-state index contributed by atoms with van der Waals surface area (Å²) >= 11 is 1.36. The molecular formula is C19H22N4O4S. The predicted octanol–water partition coefficient (Wildman–Crippen LogP) is 1.69. The molecule has 1 amide bonds.